The highest BCUT2D eigenvalue weighted by Gasteiger charge is 2.24. The highest BCUT2D eigenvalue weighted by Crippen LogP contribution is 2.13. The average molecular weight is 254 g/mol. The average Bonchev–Trinajstić information content (AvgIpc) is 2.56. The van der Waals surface area contributed by atoms with Gasteiger partial charge in [-0.1, -0.05) is 0 Å². The number of primary amides is 1. The molecule has 7 heteroatoms. The van der Waals surface area contributed by atoms with E-state index >= 15 is 0 Å². The van der Waals surface area contributed by atoms with E-state index in [9.17, 15) is 14.4 Å². The van der Waals surface area contributed by atoms with Crippen molar-refractivity contribution in [2.24, 2.45) is 5.73 Å². The summed E-state index contributed by atoms with van der Waals surface area (Å²) in [5.74, 6) is -1.81. The number of carboxylic acids is 1. The quantitative estimate of drug-likeness (QED) is 0.680. The number of hydrogen-bond acceptors (Lipinski definition) is 4. The lowest BCUT2D eigenvalue weighted by molar-refractivity contribution is -0.140. The van der Waals surface area contributed by atoms with E-state index in [-0.39, 0.29) is 5.56 Å². The number of furan rings is 1. The van der Waals surface area contributed by atoms with Gasteiger partial charge >= 0.3 is 5.97 Å². The second-order valence-corrected chi connectivity index (χ2v) is 3.86. The molecule has 0 aliphatic rings. The minimum atomic E-state index is -1.34. The van der Waals surface area contributed by atoms with Crippen molar-refractivity contribution in [2.45, 2.75) is 26.3 Å². The van der Waals surface area contributed by atoms with E-state index in [0.29, 0.717) is 11.5 Å². The molecule has 1 aromatic heterocycles. The third-order valence-corrected chi connectivity index (χ3v) is 2.29. The number of carbonyl (C=O) groups is 3. The van der Waals surface area contributed by atoms with E-state index in [1.807, 2.05) is 0 Å². The molecule has 0 saturated carbocycles. The van der Waals surface area contributed by atoms with Crippen molar-refractivity contribution >= 4 is 17.8 Å². The molecule has 1 aromatic rings. The minimum absolute atomic E-state index is 0.239. The smallest absolute Gasteiger partial charge is 0.326 e. The van der Waals surface area contributed by atoms with Crippen LogP contribution in [0.4, 0.5) is 0 Å². The van der Waals surface area contributed by atoms with Gasteiger partial charge in [0.15, 0.2) is 0 Å². The number of carboxylic acid groups (broad SMARTS) is 1. The largest absolute Gasteiger partial charge is 0.480 e. The second kappa shape index (κ2) is 5.35. The Hall–Kier alpha value is -2.31. The van der Waals surface area contributed by atoms with Crippen LogP contribution in [0.1, 0.15) is 28.3 Å². The predicted molar refractivity (Wildman–Crippen MR) is 60.9 cm³/mol. The number of nitrogens with two attached hydrogens (primary N) is 1. The molecule has 1 heterocycles. The summed E-state index contributed by atoms with van der Waals surface area (Å²) >= 11 is 0. The van der Waals surface area contributed by atoms with E-state index in [4.69, 9.17) is 15.3 Å². The molecule has 0 unspecified atom stereocenters. The fourth-order valence-corrected chi connectivity index (χ4v) is 1.49. The molecule has 0 radical (unpaired) electrons. The third kappa shape index (κ3) is 3.34. The molecule has 18 heavy (non-hydrogen) atoms. The Bertz CT molecular complexity index is 492. The second-order valence-electron chi connectivity index (χ2n) is 3.86. The van der Waals surface area contributed by atoms with Crippen molar-refractivity contribution in [3.63, 3.8) is 0 Å². The summed E-state index contributed by atoms with van der Waals surface area (Å²) in [7, 11) is 0. The monoisotopic (exact) mass is 254 g/mol. The standard InChI is InChI=1S/C11H14N2O5/c1-5-3-7(6(2)18-5)10(15)13-8(11(16)17)4-9(12)14/h3,8H,4H2,1-2H3,(H2,12,14)(H,13,15)(H,16,17)/t8-/m1/s1. The third-order valence-electron chi connectivity index (χ3n) is 2.29. The van der Waals surface area contributed by atoms with E-state index in [2.05, 4.69) is 5.32 Å². The van der Waals surface area contributed by atoms with Gasteiger partial charge in [0.25, 0.3) is 5.91 Å². The van der Waals surface area contributed by atoms with Gasteiger partial charge in [-0.05, 0) is 19.9 Å². The first-order valence-corrected chi connectivity index (χ1v) is 5.20. The van der Waals surface area contributed by atoms with Gasteiger partial charge in [0.1, 0.15) is 17.6 Å². The number of hydrogen-bond donors (Lipinski definition) is 3. The molecule has 0 aromatic carbocycles. The van der Waals surface area contributed by atoms with Crippen LogP contribution in [-0.2, 0) is 9.59 Å². The molecular formula is C11H14N2O5. The maximum atomic E-state index is 11.8. The number of amides is 2. The molecule has 1 rings (SSSR count). The Morgan fingerprint density at radius 1 is 1.44 bits per heavy atom. The summed E-state index contributed by atoms with van der Waals surface area (Å²) in [5.41, 5.74) is 5.15. The maximum Gasteiger partial charge on any atom is 0.326 e. The van der Waals surface area contributed by atoms with Crippen molar-refractivity contribution in [3.8, 4) is 0 Å². The van der Waals surface area contributed by atoms with Crippen LogP contribution >= 0.6 is 0 Å². The van der Waals surface area contributed by atoms with E-state index in [1.54, 1.807) is 13.8 Å². The molecule has 0 aliphatic heterocycles. The first-order valence-electron chi connectivity index (χ1n) is 5.20. The Labute approximate surface area is 103 Å². The van der Waals surface area contributed by atoms with Crippen LogP contribution in [-0.4, -0.2) is 28.9 Å². The zero-order valence-electron chi connectivity index (χ0n) is 10.0. The molecule has 1 atom stereocenters. The molecule has 0 saturated heterocycles. The zero-order valence-corrected chi connectivity index (χ0v) is 10.0. The van der Waals surface area contributed by atoms with E-state index in [1.165, 1.54) is 6.07 Å². The summed E-state index contributed by atoms with van der Waals surface area (Å²) < 4.78 is 5.16. The highest BCUT2D eigenvalue weighted by atomic mass is 16.4. The van der Waals surface area contributed by atoms with Crippen LogP contribution in [0.3, 0.4) is 0 Å². The van der Waals surface area contributed by atoms with Gasteiger partial charge in [-0.15, -0.1) is 0 Å². The first kappa shape index (κ1) is 13.8. The molecule has 0 spiro atoms. The van der Waals surface area contributed by atoms with Crippen molar-refractivity contribution in [3.05, 3.63) is 23.2 Å². The fraction of sp³-hybridized carbons (Fsp3) is 0.364. The van der Waals surface area contributed by atoms with Gasteiger partial charge in [0.05, 0.1) is 12.0 Å². The Kier molecular flexibility index (Phi) is 4.09. The van der Waals surface area contributed by atoms with Crippen LogP contribution in [0, 0.1) is 13.8 Å². The lowest BCUT2D eigenvalue weighted by Crippen LogP contribution is -2.43. The molecule has 0 aliphatic carbocycles. The van der Waals surface area contributed by atoms with Gasteiger partial charge in [0, 0.05) is 0 Å². The van der Waals surface area contributed by atoms with Crippen LogP contribution in [0.15, 0.2) is 10.5 Å². The molecule has 98 valence electrons. The highest BCUT2D eigenvalue weighted by molar-refractivity contribution is 5.98. The number of aliphatic carboxylic acids is 1. The van der Waals surface area contributed by atoms with Crippen LogP contribution < -0.4 is 11.1 Å². The summed E-state index contributed by atoms with van der Waals surface area (Å²) in [5, 5.41) is 11.1. The van der Waals surface area contributed by atoms with Crippen LogP contribution in [0.25, 0.3) is 0 Å². The van der Waals surface area contributed by atoms with Crippen molar-refractivity contribution in [1.29, 1.82) is 0 Å². The number of nitrogens with one attached hydrogen (secondary N) is 1. The maximum absolute atomic E-state index is 11.8. The number of carbonyl (C=O) groups excluding carboxylic acids is 2. The van der Waals surface area contributed by atoms with Crippen LogP contribution in [0.2, 0.25) is 0 Å². The number of aryl methyl sites for hydroxylation is 2. The first-order chi connectivity index (χ1) is 8.31. The van der Waals surface area contributed by atoms with Gasteiger partial charge in [-0.3, -0.25) is 9.59 Å². The van der Waals surface area contributed by atoms with Gasteiger partial charge in [0.2, 0.25) is 5.91 Å². The number of rotatable bonds is 5. The normalized spacial score (nSPS) is 11.9. The summed E-state index contributed by atoms with van der Waals surface area (Å²) in [6.07, 6.45) is -0.461. The summed E-state index contributed by atoms with van der Waals surface area (Å²) in [6, 6.07) is 0.151. The summed E-state index contributed by atoms with van der Waals surface area (Å²) in [6.45, 7) is 3.26. The lowest BCUT2D eigenvalue weighted by Gasteiger charge is -2.12. The van der Waals surface area contributed by atoms with Crippen molar-refractivity contribution < 1.29 is 23.9 Å². The Balaban J connectivity index is 2.81. The molecule has 2 amide bonds. The Morgan fingerprint density at radius 2 is 2.06 bits per heavy atom. The molecule has 4 N–H and O–H groups in total. The summed E-state index contributed by atoms with van der Waals surface area (Å²) in [4.78, 5) is 33.3. The Morgan fingerprint density at radius 3 is 2.44 bits per heavy atom. The zero-order chi connectivity index (χ0) is 13.9. The minimum Gasteiger partial charge on any atom is -0.480 e. The molecule has 0 fully saturated rings. The molecule has 0 bridgehead atoms. The topological polar surface area (TPSA) is 123 Å². The van der Waals surface area contributed by atoms with Gasteiger partial charge < -0.3 is 20.6 Å². The van der Waals surface area contributed by atoms with E-state index < -0.39 is 30.2 Å². The van der Waals surface area contributed by atoms with Gasteiger partial charge in [-0.2, -0.15) is 0 Å². The fourth-order valence-electron chi connectivity index (χ4n) is 1.49. The van der Waals surface area contributed by atoms with Gasteiger partial charge in [-0.25, -0.2) is 4.79 Å². The van der Waals surface area contributed by atoms with Crippen LogP contribution in [0.5, 0.6) is 0 Å². The SMILES string of the molecule is Cc1cc(C(=O)N[C@H](CC(N)=O)C(=O)O)c(C)o1. The van der Waals surface area contributed by atoms with Crippen molar-refractivity contribution in [2.75, 3.05) is 0 Å². The molecular weight excluding hydrogens is 240 g/mol. The van der Waals surface area contributed by atoms with Crippen molar-refractivity contribution in [1.82, 2.24) is 5.32 Å². The lowest BCUT2D eigenvalue weighted by atomic mass is 10.1. The predicted octanol–water partition coefficient (Wildman–Crippen LogP) is -0.0452. The van der Waals surface area contributed by atoms with E-state index in [0.717, 1.165) is 0 Å². The molecule has 7 nitrogen and oxygen atoms in total.